The molecule has 0 aliphatic rings. The van der Waals surface area contributed by atoms with Crippen LogP contribution in [0.15, 0.2) is 41.7 Å². The molecule has 1 N–H and O–H groups in total. The molecule has 2 heterocycles. The third kappa shape index (κ3) is 4.72. The molecular weight excluding hydrogens is 361 g/mol. The van der Waals surface area contributed by atoms with E-state index in [9.17, 15) is 4.21 Å². The van der Waals surface area contributed by atoms with Crippen LogP contribution in [0.4, 0.5) is 0 Å². The summed E-state index contributed by atoms with van der Waals surface area (Å²) in [4.78, 5) is 11.9. The van der Waals surface area contributed by atoms with Gasteiger partial charge in [-0.1, -0.05) is 19.1 Å². The molecule has 3 aromatic rings. The van der Waals surface area contributed by atoms with Crippen LogP contribution in [0.5, 0.6) is 5.75 Å². The summed E-state index contributed by atoms with van der Waals surface area (Å²) in [7, 11) is 0.296. The fourth-order valence-electron chi connectivity index (χ4n) is 2.50. The summed E-state index contributed by atoms with van der Waals surface area (Å²) < 4.78 is 23.8. The molecular formula is C18H21N3NaO3S+. The summed E-state index contributed by atoms with van der Waals surface area (Å²) in [6.07, 6.45) is 2.09. The molecule has 1 aromatic carbocycles. The zero-order chi connectivity index (χ0) is 17.8. The van der Waals surface area contributed by atoms with Crippen LogP contribution >= 0.6 is 0 Å². The monoisotopic (exact) mass is 382 g/mol. The summed E-state index contributed by atoms with van der Waals surface area (Å²) in [5.41, 5.74) is 3.27. The first kappa shape index (κ1) is 21.1. The Hall–Kier alpha value is -1.25. The molecule has 2 unspecified atom stereocenters. The summed E-state index contributed by atoms with van der Waals surface area (Å²) in [5.74, 6) is 0.965. The number of aromatic amines is 1. The van der Waals surface area contributed by atoms with Crippen molar-refractivity contribution in [2.45, 2.75) is 37.5 Å². The molecule has 26 heavy (non-hydrogen) atoms. The fourth-order valence-corrected chi connectivity index (χ4v) is 3.60. The third-order valence-electron chi connectivity index (χ3n) is 3.96. The number of H-pyrrole nitrogens is 1. The van der Waals surface area contributed by atoms with Crippen LogP contribution in [0.3, 0.4) is 0 Å². The molecule has 0 aliphatic heterocycles. The minimum atomic E-state index is -1.32. The van der Waals surface area contributed by atoms with E-state index in [1.165, 1.54) is 0 Å². The van der Waals surface area contributed by atoms with Crippen molar-refractivity contribution < 1.29 is 43.2 Å². The molecule has 0 amide bonds. The Morgan fingerprint density at radius 1 is 1.27 bits per heavy atom. The van der Waals surface area contributed by atoms with Crippen LogP contribution in [0, 0.1) is 6.92 Å². The van der Waals surface area contributed by atoms with Crippen molar-refractivity contribution in [3.05, 3.63) is 47.8 Å². The number of methoxy groups -OCH3 is 1. The van der Waals surface area contributed by atoms with Crippen molar-refractivity contribution in [1.82, 2.24) is 15.0 Å². The smallest absolute Gasteiger partial charge is 0.465 e. The number of pyridine rings is 1. The van der Waals surface area contributed by atoms with Gasteiger partial charge in [0.15, 0.2) is 11.4 Å². The normalized spacial score (nSPS) is 13.2. The molecule has 0 saturated carbocycles. The maximum atomic E-state index is 12.7. The van der Waals surface area contributed by atoms with Gasteiger partial charge in [0.05, 0.1) is 33.3 Å². The van der Waals surface area contributed by atoms with Gasteiger partial charge in [-0.15, -0.1) is 0 Å². The van der Waals surface area contributed by atoms with E-state index in [1.807, 2.05) is 38.1 Å². The van der Waals surface area contributed by atoms with Crippen molar-refractivity contribution in [3.63, 3.8) is 0 Å². The Balaban J connectivity index is 0.00000243. The van der Waals surface area contributed by atoms with Gasteiger partial charge in [0.25, 0.3) is 0 Å². The molecule has 0 saturated heterocycles. The number of hydrogen-bond donors (Lipinski definition) is 1. The van der Waals surface area contributed by atoms with E-state index in [1.54, 1.807) is 19.4 Å². The zero-order valence-electron chi connectivity index (χ0n) is 15.5. The van der Waals surface area contributed by atoms with E-state index in [4.69, 9.17) is 9.47 Å². The average molecular weight is 382 g/mol. The third-order valence-corrected chi connectivity index (χ3v) is 5.12. The standard InChI is InChI=1S/C18H21N3O3S.Na/c1-4-17(23-3)24-16-9-10-19-15(12(16)2)11-25(22)18-20-13-7-5-6-8-14(13)21-18;/h5-10,17H,4,11H2,1-3H3,(H,20,21);/q;+1. The molecule has 0 radical (unpaired) electrons. The van der Waals surface area contributed by atoms with E-state index < -0.39 is 10.8 Å². The van der Waals surface area contributed by atoms with Gasteiger partial charge in [0.1, 0.15) is 5.75 Å². The van der Waals surface area contributed by atoms with Crippen molar-refractivity contribution in [3.8, 4) is 5.75 Å². The number of para-hydroxylation sites is 2. The number of rotatable bonds is 7. The van der Waals surface area contributed by atoms with Gasteiger partial charge in [-0.2, -0.15) is 0 Å². The maximum Gasteiger partial charge on any atom is 1.00 e. The molecule has 3 rings (SSSR count). The molecule has 0 bridgehead atoms. The number of ether oxygens (including phenoxy) is 2. The van der Waals surface area contributed by atoms with E-state index >= 15 is 0 Å². The van der Waals surface area contributed by atoms with Gasteiger partial charge >= 0.3 is 29.6 Å². The largest absolute Gasteiger partial charge is 1.00 e. The Bertz CT molecular complexity index is 863. The second-order valence-electron chi connectivity index (χ2n) is 5.62. The number of aromatic nitrogens is 3. The Morgan fingerprint density at radius 3 is 2.73 bits per heavy atom. The number of nitrogens with zero attached hydrogens (tertiary/aromatic N) is 2. The van der Waals surface area contributed by atoms with Crippen molar-refractivity contribution >= 4 is 21.8 Å². The van der Waals surface area contributed by atoms with Crippen LogP contribution in [0.1, 0.15) is 24.6 Å². The summed E-state index contributed by atoms with van der Waals surface area (Å²) >= 11 is 0. The van der Waals surface area contributed by atoms with Gasteiger partial charge in [-0.05, 0) is 25.1 Å². The van der Waals surface area contributed by atoms with Gasteiger partial charge in [-0.25, -0.2) is 4.98 Å². The summed E-state index contributed by atoms with van der Waals surface area (Å²) in [6.45, 7) is 3.90. The maximum absolute atomic E-state index is 12.7. The SMILES string of the molecule is CCC(OC)Oc1ccnc(CS(=O)c2nc3ccccc3[nH]2)c1C.[Na+]. The van der Waals surface area contributed by atoms with Crippen molar-refractivity contribution in [2.24, 2.45) is 0 Å². The first-order chi connectivity index (χ1) is 12.1. The van der Waals surface area contributed by atoms with E-state index in [-0.39, 0.29) is 41.6 Å². The van der Waals surface area contributed by atoms with Gasteiger partial charge in [0.2, 0.25) is 0 Å². The summed E-state index contributed by atoms with van der Waals surface area (Å²) in [5, 5.41) is 0.456. The number of imidazole rings is 1. The second kappa shape index (κ2) is 9.62. The number of nitrogens with one attached hydrogen (secondary N) is 1. The minimum Gasteiger partial charge on any atom is -0.465 e. The zero-order valence-corrected chi connectivity index (χ0v) is 18.3. The van der Waals surface area contributed by atoms with Crippen molar-refractivity contribution in [1.29, 1.82) is 0 Å². The van der Waals surface area contributed by atoms with Crippen LogP contribution in [-0.2, 0) is 21.3 Å². The Labute approximate surface area is 177 Å². The van der Waals surface area contributed by atoms with Crippen LogP contribution in [0.2, 0.25) is 0 Å². The Kier molecular flexibility index (Phi) is 7.79. The van der Waals surface area contributed by atoms with Crippen molar-refractivity contribution in [2.75, 3.05) is 7.11 Å². The Morgan fingerprint density at radius 2 is 2.04 bits per heavy atom. The predicted octanol–water partition coefficient (Wildman–Crippen LogP) is 0.339. The fraction of sp³-hybridized carbons (Fsp3) is 0.333. The van der Waals surface area contributed by atoms with E-state index in [2.05, 4.69) is 15.0 Å². The quantitative estimate of drug-likeness (QED) is 0.471. The van der Waals surface area contributed by atoms with Gasteiger partial charge < -0.3 is 14.5 Å². The summed E-state index contributed by atoms with van der Waals surface area (Å²) in [6, 6.07) is 9.42. The molecule has 2 aromatic heterocycles. The second-order valence-corrected chi connectivity index (χ2v) is 6.99. The predicted molar refractivity (Wildman–Crippen MR) is 96.9 cm³/mol. The number of fused-ring (bicyclic) bond motifs is 1. The molecule has 132 valence electrons. The van der Waals surface area contributed by atoms with Crippen LogP contribution in [0.25, 0.3) is 11.0 Å². The van der Waals surface area contributed by atoms with Gasteiger partial charge in [0, 0.05) is 25.3 Å². The van der Waals surface area contributed by atoms with E-state index in [0.717, 1.165) is 28.7 Å². The minimum absolute atomic E-state index is 0. The average Bonchev–Trinajstić information content (AvgIpc) is 3.07. The molecule has 0 spiro atoms. The number of hydrogen-bond acceptors (Lipinski definition) is 5. The first-order valence-electron chi connectivity index (χ1n) is 8.09. The molecule has 2 atom stereocenters. The van der Waals surface area contributed by atoms with E-state index in [0.29, 0.717) is 10.9 Å². The van der Waals surface area contributed by atoms with Crippen LogP contribution in [-0.4, -0.2) is 32.6 Å². The molecule has 8 heteroatoms. The first-order valence-corrected chi connectivity index (χ1v) is 9.41. The number of benzene rings is 1. The van der Waals surface area contributed by atoms with Gasteiger partial charge in [-0.3, -0.25) is 9.19 Å². The molecule has 0 fully saturated rings. The van der Waals surface area contributed by atoms with Crippen LogP contribution < -0.4 is 34.3 Å². The molecule has 0 aliphatic carbocycles. The molecule has 6 nitrogen and oxygen atoms in total. The topological polar surface area (TPSA) is 77.1 Å².